The van der Waals surface area contributed by atoms with Crippen molar-refractivity contribution < 1.29 is 47.4 Å². The second-order valence-corrected chi connectivity index (χ2v) is 8.59. The number of nitrogens with zero attached hydrogens (tertiary/aromatic N) is 3. The number of aliphatic carboxylic acids is 2. The standard InChI is InChI=1S/C17H14F3N5O7S2/c18-17(19,20)2-1-6-4-33-14-10(13(29)25(14)11(6)15(30)31)23-12(28)9(24-32-3-8(26)27)7-5-34-16(21)22-7/h1-2,5,10,14H,3-4H2,(H2,21,22)(H,23,28)(H,26,27)(H,30,31)/t10?,14-/m0/s1. The number of thiazole rings is 1. The molecule has 2 aliphatic rings. The zero-order valence-corrected chi connectivity index (χ0v) is 18.2. The zero-order chi connectivity index (χ0) is 25.2. The van der Waals surface area contributed by atoms with Crippen LogP contribution >= 0.6 is 23.1 Å². The van der Waals surface area contributed by atoms with Crippen molar-refractivity contribution in [2.75, 3.05) is 18.1 Å². The third-order valence-electron chi connectivity index (χ3n) is 4.28. The van der Waals surface area contributed by atoms with Gasteiger partial charge < -0.3 is 26.1 Å². The topological polar surface area (TPSA) is 185 Å². The number of thioether (sulfide) groups is 1. The molecule has 34 heavy (non-hydrogen) atoms. The number of nitrogens with one attached hydrogen (secondary N) is 1. The van der Waals surface area contributed by atoms with Crippen LogP contribution in [0.5, 0.6) is 0 Å². The molecule has 0 aliphatic carbocycles. The molecule has 2 amide bonds. The number of hydrogen-bond acceptors (Lipinski definition) is 10. The Labute approximate surface area is 195 Å². The Morgan fingerprint density at radius 1 is 1.38 bits per heavy atom. The van der Waals surface area contributed by atoms with Crippen molar-refractivity contribution in [3.8, 4) is 0 Å². The molecule has 0 spiro atoms. The van der Waals surface area contributed by atoms with Gasteiger partial charge in [-0.3, -0.25) is 14.5 Å². The van der Waals surface area contributed by atoms with E-state index in [0.29, 0.717) is 6.08 Å². The monoisotopic (exact) mass is 521 g/mol. The van der Waals surface area contributed by atoms with Gasteiger partial charge in [0.2, 0.25) is 6.61 Å². The summed E-state index contributed by atoms with van der Waals surface area (Å²) in [6, 6.07) is -1.24. The quantitative estimate of drug-likeness (QED) is 0.212. The average Bonchev–Trinajstić information content (AvgIpc) is 3.17. The van der Waals surface area contributed by atoms with Gasteiger partial charge in [-0.2, -0.15) is 13.2 Å². The van der Waals surface area contributed by atoms with E-state index in [0.717, 1.165) is 28.0 Å². The number of carboxylic acid groups (broad SMARTS) is 2. The molecule has 182 valence electrons. The van der Waals surface area contributed by atoms with E-state index in [1.54, 1.807) is 0 Å². The Balaban J connectivity index is 1.81. The molecule has 1 unspecified atom stereocenters. The number of nitrogen functional groups attached to an aromatic ring is 1. The molecule has 0 saturated carbocycles. The summed E-state index contributed by atoms with van der Waals surface area (Å²) in [6.45, 7) is -0.869. The number of fused-ring (bicyclic) bond motifs is 1. The van der Waals surface area contributed by atoms with E-state index in [1.807, 2.05) is 0 Å². The van der Waals surface area contributed by atoms with Gasteiger partial charge in [-0.15, -0.1) is 23.1 Å². The number of carbonyl (C=O) groups excluding carboxylic acids is 2. The number of β-lactam (4-membered cyclic amide) rings is 1. The Hall–Kier alpha value is -3.60. The van der Waals surface area contributed by atoms with Gasteiger partial charge in [0.15, 0.2) is 10.8 Å². The van der Waals surface area contributed by atoms with Crippen molar-refractivity contribution >= 4 is 57.7 Å². The maximum Gasteiger partial charge on any atom is 0.409 e. The Kier molecular flexibility index (Phi) is 7.15. The van der Waals surface area contributed by atoms with Gasteiger partial charge in [0.25, 0.3) is 11.8 Å². The number of oxime groups is 1. The highest BCUT2D eigenvalue weighted by atomic mass is 32.2. The lowest BCUT2D eigenvalue weighted by Gasteiger charge is -2.49. The summed E-state index contributed by atoms with van der Waals surface area (Å²) in [5.74, 6) is -5.00. The summed E-state index contributed by atoms with van der Waals surface area (Å²) in [5.41, 5.74) is 4.16. The third kappa shape index (κ3) is 5.48. The first-order valence-electron chi connectivity index (χ1n) is 9.00. The Morgan fingerprint density at radius 3 is 2.65 bits per heavy atom. The number of carbonyl (C=O) groups is 4. The van der Waals surface area contributed by atoms with E-state index in [1.165, 1.54) is 5.38 Å². The summed E-state index contributed by atoms with van der Waals surface area (Å²) < 4.78 is 37.5. The van der Waals surface area contributed by atoms with E-state index in [-0.39, 0.29) is 28.2 Å². The van der Waals surface area contributed by atoms with Crippen LogP contribution in [-0.4, -0.2) is 79.5 Å². The number of hydrogen-bond donors (Lipinski definition) is 4. The lowest BCUT2D eigenvalue weighted by Crippen LogP contribution is -2.71. The van der Waals surface area contributed by atoms with Crippen molar-refractivity contribution in [3.05, 3.63) is 34.5 Å². The first-order valence-corrected chi connectivity index (χ1v) is 10.9. The number of nitrogens with two attached hydrogens (primary N) is 1. The van der Waals surface area contributed by atoms with Crippen LogP contribution in [-0.2, 0) is 24.0 Å². The van der Waals surface area contributed by atoms with Crippen LogP contribution in [0.3, 0.4) is 0 Å². The zero-order valence-electron chi connectivity index (χ0n) is 16.6. The van der Waals surface area contributed by atoms with Crippen LogP contribution in [0.15, 0.2) is 34.0 Å². The molecule has 2 atom stereocenters. The van der Waals surface area contributed by atoms with E-state index in [9.17, 15) is 37.5 Å². The van der Waals surface area contributed by atoms with Gasteiger partial charge in [-0.25, -0.2) is 14.6 Å². The van der Waals surface area contributed by atoms with Crippen molar-refractivity contribution in [3.63, 3.8) is 0 Å². The molecule has 0 aromatic carbocycles. The molecule has 1 fully saturated rings. The first kappa shape index (κ1) is 25.0. The largest absolute Gasteiger partial charge is 0.479 e. The number of halogens is 3. The van der Waals surface area contributed by atoms with Crippen LogP contribution in [0.4, 0.5) is 18.3 Å². The molecule has 1 aromatic rings. The molecular weight excluding hydrogens is 507 g/mol. The summed E-state index contributed by atoms with van der Waals surface area (Å²) in [7, 11) is 0. The third-order valence-corrected chi connectivity index (χ3v) is 6.26. The predicted molar refractivity (Wildman–Crippen MR) is 112 cm³/mol. The van der Waals surface area contributed by atoms with Crippen LogP contribution in [0.1, 0.15) is 5.69 Å². The fraction of sp³-hybridized carbons (Fsp3) is 0.294. The van der Waals surface area contributed by atoms with Crippen LogP contribution in [0.25, 0.3) is 0 Å². The van der Waals surface area contributed by atoms with Gasteiger partial charge in [-0.1, -0.05) is 11.2 Å². The predicted octanol–water partition coefficient (Wildman–Crippen LogP) is 0.388. The second-order valence-electron chi connectivity index (χ2n) is 6.59. The maximum atomic E-state index is 12.8. The first-order chi connectivity index (χ1) is 15.9. The van der Waals surface area contributed by atoms with E-state index >= 15 is 0 Å². The van der Waals surface area contributed by atoms with Crippen molar-refractivity contribution in [2.45, 2.75) is 17.6 Å². The van der Waals surface area contributed by atoms with E-state index in [4.69, 9.17) is 10.8 Å². The molecule has 0 bridgehead atoms. The smallest absolute Gasteiger partial charge is 0.409 e. The number of rotatable bonds is 8. The highest BCUT2D eigenvalue weighted by Crippen LogP contribution is 2.41. The lowest BCUT2D eigenvalue weighted by molar-refractivity contribution is -0.150. The van der Waals surface area contributed by atoms with Gasteiger partial charge in [0.1, 0.15) is 22.8 Å². The van der Waals surface area contributed by atoms with E-state index in [2.05, 4.69) is 20.3 Å². The number of amides is 2. The maximum absolute atomic E-state index is 12.8. The Morgan fingerprint density at radius 2 is 2.09 bits per heavy atom. The summed E-state index contributed by atoms with van der Waals surface area (Å²) in [4.78, 5) is 56.9. The molecule has 2 aliphatic heterocycles. The normalized spacial score (nSPS) is 20.7. The van der Waals surface area contributed by atoms with Gasteiger partial charge in [0.05, 0.1) is 0 Å². The summed E-state index contributed by atoms with van der Waals surface area (Å²) in [6.07, 6.45) is -4.22. The minimum Gasteiger partial charge on any atom is -0.479 e. The molecule has 1 aromatic heterocycles. The number of alkyl halides is 3. The van der Waals surface area contributed by atoms with Crippen LogP contribution < -0.4 is 11.1 Å². The van der Waals surface area contributed by atoms with Gasteiger partial charge in [0, 0.05) is 17.2 Å². The molecule has 0 radical (unpaired) electrons. The number of aromatic nitrogens is 1. The molecule has 12 nitrogen and oxygen atoms in total. The number of anilines is 1. The minimum atomic E-state index is -4.68. The fourth-order valence-corrected chi connectivity index (χ4v) is 4.79. The molecule has 3 rings (SSSR count). The van der Waals surface area contributed by atoms with Gasteiger partial charge in [-0.05, 0) is 5.57 Å². The molecule has 5 N–H and O–H groups in total. The van der Waals surface area contributed by atoms with Gasteiger partial charge >= 0.3 is 18.1 Å². The molecule has 17 heteroatoms. The van der Waals surface area contributed by atoms with Crippen molar-refractivity contribution in [2.24, 2.45) is 5.16 Å². The highest BCUT2D eigenvalue weighted by Gasteiger charge is 2.54. The summed E-state index contributed by atoms with van der Waals surface area (Å²) in [5, 5.41) is 24.4. The average molecular weight is 521 g/mol. The molecule has 3 heterocycles. The van der Waals surface area contributed by atoms with Crippen LogP contribution in [0.2, 0.25) is 0 Å². The number of carboxylic acids is 2. The Bertz CT molecular complexity index is 1130. The highest BCUT2D eigenvalue weighted by molar-refractivity contribution is 8.00. The van der Waals surface area contributed by atoms with Crippen molar-refractivity contribution in [1.29, 1.82) is 0 Å². The van der Waals surface area contributed by atoms with E-state index < -0.39 is 59.4 Å². The number of allylic oxidation sites excluding steroid dienone is 2. The van der Waals surface area contributed by atoms with Crippen molar-refractivity contribution in [1.82, 2.24) is 15.2 Å². The summed E-state index contributed by atoms with van der Waals surface area (Å²) >= 11 is 1.90. The molecule has 1 saturated heterocycles. The minimum absolute atomic E-state index is 0.0593. The van der Waals surface area contributed by atoms with Crippen LogP contribution in [0, 0.1) is 0 Å². The SMILES string of the molecule is Nc1nc(C(=NOCC(=O)O)C(=O)NC2C(=O)N3C(C(=O)O)=C(C=CC(F)(F)F)CS[C@@H]23)cs1. The lowest BCUT2D eigenvalue weighted by atomic mass is 10.0. The molecular formula is C17H14F3N5O7S2. The second kappa shape index (κ2) is 9.72. The fourth-order valence-electron chi connectivity index (χ4n) is 2.93.